The summed E-state index contributed by atoms with van der Waals surface area (Å²) in [6.07, 6.45) is 7.40. The van der Waals surface area contributed by atoms with Gasteiger partial charge in [0.25, 0.3) is 0 Å². The molecule has 1 aromatic rings. The van der Waals surface area contributed by atoms with Crippen LogP contribution in [0, 0.1) is 11.8 Å². The molecule has 18 heavy (non-hydrogen) atoms. The molecule has 1 heterocycles. The molecule has 2 aliphatic carbocycles. The minimum Gasteiger partial charge on any atom is -0.298 e. The minimum atomic E-state index is 0.472. The van der Waals surface area contributed by atoms with Crippen molar-refractivity contribution in [3.63, 3.8) is 0 Å². The lowest BCUT2D eigenvalue weighted by Gasteiger charge is -2.22. The molecule has 1 aromatic heterocycles. The van der Waals surface area contributed by atoms with Gasteiger partial charge in [0.15, 0.2) is 0 Å². The van der Waals surface area contributed by atoms with Gasteiger partial charge in [0.05, 0.1) is 0 Å². The van der Waals surface area contributed by atoms with Gasteiger partial charge in [-0.3, -0.25) is 4.90 Å². The van der Waals surface area contributed by atoms with E-state index in [0.717, 1.165) is 29.0 Å². The molecule has 0 atom stereocenters. The molecule has 98 valence electrons. The first kappa shape index (κ1) is 12.7. The van der Waals surface area contributed by atoms with E-state index in [2.05, 4.69) is 9.88 Å². The Morgan fingerprint density at radius 2 is 1.72 bits per heavy atom. The second-order valence-electron chi connectivity index (χ2n) is 5.68. The topological polar surface area (TPSA) is 16.1 Å². The Hall–Kier alpha value is -0.310. The zero-order valence-corrected chi connectivity index (χ0v) is 11.9. The normalized spacial score (nSPS) is 19.5. The van der Waals surface area contributed by atoms with E-state index < -0.39 is 0 Å². The molecule has 0 spiro atoms. The van der Waals surface area contributed by atoms with Crippen LogP contribution in [0.25, 0.3) is 0 Å². The average Bonchev–Trinajstić information content (AvgIpc) is 3.18. The van der Waals surface area contributed by atoms with E-state index >= 15 is 0 Å². The molecule has 2 nitrogen and oxygen atoms in total. The Balaban J connectivity index is 1.65. The third kappa shape index (κ3) is 3.59. The van der Waals surface area contributed by atoms with E-state index in [1.165, 1.54) is 38.8 Å². The number of pyridine rings is 1. The number of nitrogens with zero attached hydrogens (tertiary/aromatic N) is 2. The molecule has 0 N–H and O–H groups in total. The van der Waals surface area contributed by atoms with Crippen molar-refractivity contribution in [1.82, 2.24) is 9.88 Å². The Kier molecular flexibility index (Phi) is 3.78. The van der Waals surface area contributed by atoms with Crippen LogP contribution in [0.15, 0.2) is 12.3 Å². The third-order valence-corrected chi connectivity index (χ3v) is 4.28. The molecule has 2 aliphatic rings. The number of hydrogen-bond donors (Lipinski definition) is 0. The molecule has 0 radical (unpaired) electrons. The quantitative estimate of drug-likeness (QED) is 0.734. The Bertz CT molecular complexity index is 414. The van der Waals surface area contributed by atoms with Crippen molar-refractivity contribution in [2.45, 2.75) is 32.2 Å². The molecule has 4 heteroatoms. The van der Waals surface area contributed by atoms with Gasteiger partial charge in [0.1, 0.15) is 5.15 Å². The van der Waals surface area contributed by atoms with Gasteiger partial charge >= 0.3 is 0 Å². The van der Waals surface area contributed by atoms with Crippen molar-refractivity contribution >= 4 is 23.2 Å². The van der Waals surface area contributed by atoms with Gasteiger partial charge in [-0.05, 0) is 43.6 Å². The molecule has 0 unspecified atom stereocenters. The van der Waals surface area contributed by atoms with Gasteiger partial charge in [-0.25, -0.2) is 4.98 Å². The van der Waals surface area contributed by atoms with Crippen LogP contribution >= 0.6 is 23.2 Å². The highest BCUT2D eigenvalue weighted by Crippen LogP contribution is 2.34. The fraction of sp³-hybridized carbons (Fsp3) is 0.643. The molecule has 0 bridgehead atoms. The maximum atomic E-state index is 6.23. The van der Waals surface area contributed by atoms with Crippen molar-refractivity contribution in [3.05, 3.63) is 28.0 Å². The highest BCUT2D eigenvalue weighted by molar-refractivity contribution is 6.34. The Morgan fingerprint density at radius 1 is 1.11 bits per heavy atom. The maximum Gasteiger partial charge on any atom is 0.130 e. The summed E-state index contributed by atoms with van der Waals surface area (Å²) >= 11 is 12.1. The van der Waals surface area contributed by atoms with Crippen molar-refractivity contribution in [2.75, 3.05) is 13.1 Å². The van der Waals surface area contributed by atoms with Crippen LogP contribution in [-0.2, 0) is 6.54 Å². The zero-order valence-electron chi connectivity index (χ0n) is 10.4. The van der Waals surface area contributed by atoms with Gasteiger partial charge in [-0.2, -0.15) is 0 Å². The molecule has 2 fully saturated rings. The Morgan fingerprint density at radius 3 is 2.22 bits per heavy atom. The summed E-state index contributed by atoms with van der Waals surface area (Å²) in [7, 11) is 0. The van der Waals surface area contributed by atoms with Gasteiger partial charge in [0.2, 0.25) is 0 Å². The van der Waals surface area contributed by atoms with Crippen molar-refractivity contribution in [1.29, 1.82) is 0 Å². The monoisotopic (exact) mass is 284 g/mol. The van der Waals surface area contributed by atoms with Gasteiger partial charge in [-0.1, -0.05) is 23.2 Å². The first-order valence-electron chi connectivity index (χ1n) is 6.73. The van der Waals surface area contributed by atoms with Crippen LogP contribution in [0.2, 0.25) is 10.2 Å². The van der Waals surface area contributed by atoms with Crippen molar-refractivity contribution in [3.8, 4) is 0 Å². The lowest BCUT2D eigenvalue weighted by molar-refractivity contribution is 0.244. The predicted molar refractivity (Wildman–Crippen MR) is 75.0 cm³/mol. The molecular weight excluding hydrogens is 267 g/mol. The van der Waals surface area contributed by atoms with Crippen LogP contribution in [0.4, 0.5) is 0 Å². The summed E-state index contributed by atoms with van der Waals surface area (Å²) < 4.78 is 0. The summed E-state index contributed by atoms with van der Waals surface area (Å²) in [5.41, 5.74) is 1.10. The minimum absolute atomic E-state index is 0.472. The van der Waals surface area contributed by atoms with Crippen molar-refractivity contribution < 1.29 is 0 Å². The van der Waals surface area contributed by atoms with Crippen LogP contribution in [0.3, 0.4) is 0 Å². The van der Waals surface area contributed by atoms with E-state index in [4.69, 9.17) is 23.2 Å². The smallest absolute Gasteiger partial charge is 0.130 e. The summed E-state index contributed by atoms with van der Waals surface area (Å²) in [6, 6.07) is 1.74. The first-order valence-corrected chi connectivity index (χ1v) is 7.48. The molecule has 0 aliphatic heterocycles. The highest BCUT2D eigenvalue weighted by Gasteiger charge is 2.29. The second kappa shape index (κ2) is 5.36. The fourth-order valence-electron chi connectivity index (χ4n) is 2.33. The van der Waals surface area contributed by atoms with Crippen LogP contribution in [-0.4, -0.2) is 23.0 Å². The zero-order chi connectivity index (χ0) is 12.5. The van der Waals surface area contributed by atoms with Gasteiger partial charge < -0.3 is 0 Å². The molecular formula is C14H18Cl2N2. The largest absolute Gasteiger partial charge is 0.298 e. The SMILES string of the molecule is Clc1cc(Cl)c(CN(CC2CC2)CC2CC2)cn1. The summed E-state index contributed by atoms with van der Waals surface area (Å²) in [4.78, 5) is 6.68. The first-order chi connectivity index (χ1) is 8.70. The molecule has 0 saturated heterocycles. The number of halogens is 2. The van der Waals surface area contributed by atoms with E-state index in [1.807, 2.05) is 6.20 Å². The molecule has 3 rings (SSSR count). The summed E-state index contributed by atoms with van der Waals surface area (Å²) in [5, 5.41) is 1.21. The number of rotatable bonds is 6. The van der Waals surface area contributed by atoms with E-state index in [0.29, 0.717) is 5.15 Å². The fourth-order valence-corrected chi connectivity index (χ4v) is 2.75. The number of aromatic nitrogens is 1. The molecule has 0 amide bonds. The summed E-state index contributed by atoms with van der Waals surface area (Å²) in [5.74, 6) is 1.84. The maximum absolute atomic E-state index is 6.23. The van der Waals surface area contributed by atoms with E-state index in [1.54, 1.807) is 6.07 Å². The van der Waals surface area contributed by atoms with Gasteiger partial charge in [-0.15, -0.1) is 0 Å². The van der Waals surface area contributed by atoms with Gasteiger partial charge in [0, 0.05) is 36.4 Å². The summed E-state index contributed by atoms with van der Waals surface area (Å²) in [6.45, 7) is 3.35. The average molecular weight is 285 g/mol. The van der Waals surface area contributed by atoms with E-state index in [9.17, 15) is 0 Å². The predicted octanol–water partition coefficient (Wildman–Crippen LogP) is 4.01. The molecule has 2 saturated carbocycles. The third-order valence-electron chi connectivity index (χ3n) is 3.72. The van der Waals surface area contributed by atoms with Crippen LogP contribution in [0.5, 0.6) is 0 Å². The second-order valence-corrected chi connectivity index (χ2v) is 6.47. The van der Waals surface area contributed by atoms with E-state index in [-0.39, 0.29) is 0 Å². The number of hydrogen-bond acceptors (Lipinski definition) is 2. The van der Waals surface area contributed by atoms with Crippen LogP contribution < -0.4 is 0 Å². The van der Waals surface area contributed by atoms with Crippen LogP contribution in [0.1, 0.15) is 31.2 Å². The Labute approximate surface area is 118 Å². The highest BCUT2D eigenvalue weighted by atomic mass is 35.5. The lowest BCUT2D eigenvalue weighted by Crippen LogP contribution is -2.28. The lowest BCUT2D eigenvalue weighted by atomic mass is 10.2. The van der Waals surface area contributed by atoms with Crippen molar-refractivity contribution in [2.24, 2.45) is 11.8 Å². The molecule has 0 aromatic carbocycles. The standard InChI is InChI=1S/C14H18Cl2N2/c15-13-5-14(16)17-6-12(13)9-18(7-10-1-2-10)8-11-3-4-11/h5-6,10-11H,1-4,7-9H2.